The van der Waals surface area contributed by atoms with E-state index in [9.17, 15) is 9.59 Å². The number of carbonyl (C=O) groups excluding carboxylic acids is 2. The normalized spacial score (nSPS) is 12.5. The predicted molar refractivity (Wildman–Crippen MR) is 161 cm³/mol. The molecule has 1 N–H and O–H groups in total. The molecule has 0 saturated heterocycles. The number of nitrogens with one attached hydrogen (secondary N) is 1. The third-order valence-corrected chi connectivity index (χ3v) is 8.23. The number of pyridine rings is 2. The minimum absolute atomic E-state index is 0.0920. The quantitative estimate of drug-likeness (QED) is 0.188. The Labute approximate surface area is 248 Å². The Kier molecular flexibility index (Phi) is 11.6. The molecule has 11 nitrogen and oxygen atoms in total. The van der Waals surface area contributed by atoms with Crippen LogP contribution in [0, 0.1) is 0 Å². The number of likely N-dealkylation sites (N-methyl/N-ethyl adjacent to an activating group) is 1. The van der Waals surface area contributed by atoms with Crippen molar-refractivity contribution in [3.63, 3.8) is 0 Å². The van der Waals surface area contributed by atoms with E-state index in [1.54, 1.807) is 44.9 Å². The number of amides is 2. The number of hydrogen-bond acceptors (Lipinski definition) is 11. The minimum Gasteiger partial charge on any atom is -0.476 e. The van der Waals surface area contributed by atoms with E-state index in [2.05, 4.69) is 25.3 Å². The second-order valence-corrected chi connectivity index (χ2v) is 12.0. The monoisotopic (exact) mass is 597 g/mol. The Bertz CT molecular complexity index is 1300. The van der Waals surface area contributed by atoms with Gasteiger partial charge in [-0.3, -0.25) is 14.5 Å². The van der Waals surface area contributed by atoms with Crippen LogP contribution >= 0.6 is 21.6 Å². The van der Waals surface area contributed by atoms with E-state index in [1.807, 2.05) is 50.2 Å². The highest BCUT2D eigenvalue weighted by atomic mass is 33.1. The van der Waals surface area contributed by atoms with Crippen molar-refractivity contribution in [2.24, 2.45) is 0 Å². The number of ether oxygens (including phenoxy) is 2. The molecule has 41 heavy (non-hydrogen) atoms. The summed E-state index contributed by atoms with van der Waals surface area (Å²) < 4.78 is 11.4. The molecule has 3 aromatic rings. The number of rotatable bonds is 16. The third-order valence-electron chi connectivity index (χ3n) is 5.88. The Morgan fingerprint density at radius 1 is 1.12 bits per heavy atom. The average molecular weight is 598 g/mol. The number of aromatic nitrogens is 4. The molecule has 0 bridgehead atoms. The third kappa shape index (κ3) is 9.30. The molecule has 0 fully saturated rings. The molecule has 2 amide bonds. The Morgan fingerprint density at radius 3 is 2.73 bits per heavy atom. The first kappa shape index (κ1) is 30.5. The molecule has 4 rings (SSSR count). The summed E-state index contributed by atoms with van der Waals surface area (Å²) in [7, 11) is 7.21. The molecule has 0 saturated carbocycles. The second-order valence-electron chi connectivity index (χ2n) is 9.54. The summed E-state index contributed by atoms with van der Waals surface area (Å²) in [4.78, 5) is 47.1. The maximum absolute atomic E-state index is 13.1. The van der Waals surface area contributed by atoms with Crippen LogP contribution in [0.2, 0.25) is 0 Å². The van der Waals surface area contributed by atoms with E-state index in [-0.39, 0.29) is 30.8 Å². The molecule has 0 aliphatic carbocycles. The number of anilines is 2. The Balaban J connectivity index is 1.39. The molecule has 0 radical (unpaired) electrons. The zero-order chi connectivity index (χ0) is 29.0. The van der Waals surface area contributed by atoms with Crippen LogP contribution in [-0.2, 0) is 22.6 Å². The van der Waals surface area contributed by atoms with Crippen LogP contribution in [0.4, 0.5) is 11.6 Å². The van der Waals surface area contributed by atoms with Crippen LogP contribution < -0.4 is 19.7 Å². The summed E-state index contributed by atoms with van der Waals surface area (Å²) in [5, 5.41) is 3.84. The smallest absolute Gasteiger partial charge is 0.320 e. The van der Waals surface area contributed by atoms with Crippen molar-refractivity contribution in [3.8, 4) is 11.9 Å². The fourth-order valence-electron chi connectivity index (χ4n) is 3.82. The van der Waals surface area contributed by atoms with Gasteiger partial charge >= 0.3 is 6.01 Å². The van der Waals surface area contributed by atoms with Gasteiger partial charge in [-0.1, -0.05) is 29.9 Å². The summed E-state index contributed by atoms with van der Waals surface area (Å²) in [5.74, 6) is 1.78. The number of hydrogen-bond donors (Lipinski definition) is 1. The van der Waals surface area contributed by atoms with Crippen molar-refractivity contribution in [1.29, 1.82) is 0 Å². The van der Waals surface area contributed by atoms with E-state index in [0.717, 1.165) is 29.3 Å². The van der Waals surface area contributed by atoms with Gasteiger partial charge in [0.25, 0.3) is 0 Å². The molecule has 0 aromatic carbocycles. The standard InChI is InChI=1S/C28H35N7O4S2/c1-4-14-39-28-32-26(31-22(36)8-7-16-40-41-24-9-5-6-12-29-24)21-17-25(37)35(27(21)33-28)19-20-10-11-23(30-18-20)38-15-13-34(2)3/h5-6,9-12,18H,4,7-8,13-17,19H2,1-3H3,(H,31,32,33,36). The zero-order valence-electron chi connectivity index (χ0n) is 23.5. The minimum atomic E-state index is -0.171. The fourth-order valence-corrected chi connectivity index (χ4v) is 5.78. The highest BCUT2D eigenvalue weighted by Crippen LogP contribution is 2.35. The van der Waals surface area contributed by atoms with Gasteiger partial charge in [-0.2, -0.15) is 9.97 Å². The lowest BCUT2D eigenvalue weighted by Gasteiger charge is -2.18. The van der Waals surface area contributed by atoms with Gasteiger partial charge in [0, 0.05) is 42.7 Å². The SMILES string of the molecule is CCCOc1nc(NC(=O)CCCSSc2ccccn2)c2c(n1)N(Cc1ccc(OCCN(C)C)nc1)C(=O)C2. The van der Waals surface area contributed by atoms with Crippen LogP contribution in [0.25, 0.3) is 0 Å². The van der Waals surface area contributed by atoms with Gasteiger partial charge in [-0.25, -0.2) is 9.97 Å². The first-order chi connectivity index (χ1) is 19.9. The molecule has 4 heterocycles. The zero-order valence-corrected chi connectivity index (χ0v) is 25.2. The van der Waals surface area contributed by atoms with E-state index in [0.29, 0.717) is 49.1 Å². The first-order valence-corrected chi connectivity index (χ1v) is 15.8. The summed E-state index contributed by atoms with van der Waals surface area (Å²) >= 11 is 0. The number of carbonyl (C=O) groups is 2. The molecule has 218 valence electrons. The van der Waals surface area contributed by atoms with Crippen LogP contribution in [0.3, 0.4) is 0 Å². The van der Waals surface area contributed by atoms with Crippen LogP contribution in [0.15, 0.2) is 47.8 Å². The van der Waals surface area contributed by atoms with Gasteiger partial charge in [0.1, 0.15) is 23.3 Å². The summed E-state index contributed by atoms with van der Waals surface area (Å²) in [5.41, 5.74) is 1.41. The summed E-state index contributed by atoms with van der Waals surface area (Å²) in [6.45, 7) is 4.00. The van der Waals surface area contributed by atoms with Gasteiger partial charge in [-0.05, 0) is 55.4 Å². The van der Waals surface area contributed by atoms with Crippen molar-refractivity contribution in [2.45, 2.75) is 44.2 Å². The fraction of sp³-hybridized carbons (Fsp3) is 0.429. The molecule has 0 unspecified atom stereocenters. The van der Waals surface area contributed by atoms with Gasteiger partial charge < -0.3 is 19.7 Å². The molecule has 13 heteroatoms. The van der Waals surface area contributed by atoms with Crippen molar-refractivity contribution < 1.29 is 19.1 Å². The number of nitrogens with zero attached hydrogens (tertiary/aromatic N) is 6. The van der Waals surface area contributed by atoms with E-state index >= 15 is 0 Å². The van der Waals surface area contributed by atoms with Gasteiger partial charge in [0.2, 0.25) is 17.7 Å². The van der Waals surface area contributed by atoms with Gasteiger partial charge in [0.05, 0.1) is 19.6 Å². The van der Waals surface area contributed by atoms with Gasteiger partial charge in [0.15, 0.2) is 0 Å². The lowest BCUT2D eigenvalue weighted by molar-refractivity contribution is -0.118. The molecule has 1 aliphatic heterocycles. The molecule has 3 aromatic heterocycles. The first-order valence-electron chi connectivity index (χ1n) is 13.5. The topological polar surface area (TPSA) is 123 Å². The summed E-state index contributed by atoms with van der Waals surface area (Å²) in [6, 6.07) is 9.59. The molecular formula is C28H35N7O4S2. The lowest BCUT2D eigenvalue weighted by Crippen LogP contribution is -2.27. The molecule has 1 aliphatic rings. The van der Waals surface area contributed by atoms with Crippen molar-refractivity contribution in [2.75, 3.05) is 49.8 Å². The molecule has 0 spiro atoms. The van der Waals surface area contributed by atoms with Crippen LogP contribution in [0.1, 0.15) is 37.3 Å². The Hall–Kier alpha value is -3.42. The van der Waals surface area contributed by atoms with Crippen molar-refractivity contribution >= 4 is 45.0 Å². The Morgan fingerprint density at radius 2 is 2.00 bits per heavy atom. The average Bonchev–Trinajstić information content (AvgIpc) is 3.28. The van der Waals surface area contributed by atoms with E-state index in [1.165, 1.54) is 0 Å². The maximum atomic E-state index is 13.1. The summed E-state index contributed by atoms with van der Waals surface area (Å²) in [6.07, 6.45) is 5.33. The largest absolute Gasteiger partial charge is 0.476 e. The highest BCUT2D eigenvalue weighted by molar-refractivity contribution is 8.76. The molecule has 0 atom stereocenters. The van der Waals surface area contributed by atoms with E-state index in [4.69, 9.17) is 9.47 Å². The second kappa shape index (κ2) is 15.5. The maximum Gasteiger partial charge on any atom is 0.320 e. The molecular weight excluding hydrogens is 562 g/mol. The lowest BCUT2D eigenvalue weighted by atomic mass is 10.2. The van der Waals surface area contributed by atoms with Gasteiger partial charge in [-0.15, -0.1) is 0 Å². The van der Waals surface area contributed by atoms with Crippen LogP contribution in [0.5, 0.6) is 11.9 Å². The van der Waals surface area contributed by atoms with E-state index < -0.39 is 0 Å². The predicted octanol–water partition coefficient (Wildman–Crippen LogP) is 4.24. The van der Waals surface area contributed by atoms with Crippen molar-refractivity contribution in [3.05, 3.63) is 53.9 Å². The number of fused-ring (bicyclic) bond motifs is 1. The highest BCUT2D eigenvalue weighted by Gasteiger charge is 2.33. The van der Waals surface area contributed by atoms with Crippen molar-refractivity contribution in [1.82, 2.24) is 24.8 Å². The van der Waals surface area contributed by atoms with Crippen LogP contribution in [-0.4, -0.2) is 76.3 Å².